The number of hydrogen-bond acceptors (Lipinski definition) is 3. The van der Waals surface area contributed by atoms with Crippen molar-refractivity contribution in [1.29, 1.82) is 0 Å². The van der Waals surface area contributed by atoms with Gasteiger partial charge in [0.05, 0.1) is 11.7 Å². The number of pyridine rings is 1. The van der Waals surface area contributed by atoms with Crippen LogP contribution in [0.1, 0.15) is 161 Å². The molecule has 1 aromatic heterocycles. The molecule has 0 saturated carbocycles. The summed E-state index contributed by atoms with van der Waals surface area (Å²) in [4.78, 5) is 32.2. The second-order valence-electron chi connectivity index (χ2n) is 10.2. The molecule has 1 atom stereocenters. The highest BCUT2D eigenvalue weighted by Crippen LogP contribution is 2.22. The van der Waals surface area contributed by atoms with E-state index in [4.69, 9.17) is 0 Å². The van der Waals surface area contributed by atoms with Crippen LogP contribution in [0.4, 0.5) is 0 Å². The number of amides is 2. The first kappa shape index (κ1) is 31.3. The standard InChI is InChI=1S/C31H54N2O2/c1-4-6-8-10-12-14-16-18-20-25-30(34)33(28(3)29-24-22-23-27-32-29)31(35)26-21-19-17-15-13-11-9-7-5-2/h22-24,27-28H,4-21,25-26H2,1-3H3. The van der Waals surface area contributed by atoms with Gasteiger partial charge in [0.15, 0.2) is 0 Å². The third-order valence-electron chi connectivity index (χ3n) is 7.03. The monoisotopic (exact) mass is 486 g/mol. The average molecular weight is 487 g/mol. The zero-order valence-electron chi connectivity index (χ0n) is 23.2. The molecule has 4 heteroatoms. The second kappa shape index (κ2) is 21.6. The minimum Gasteiger partial charge on any atom is -0.274 e. The summed E-state index contributed by atoms with van der Waals surface area (Å²) in [5.41, 5.74) is 0.786. The first-order valence-electron chi connectivity index (χ1n) is 14.9. The van der Waals surface area contributed by atoms with Gasteiger partial charge in [0.25, 0.3) is 0 Å². The largest absolute Gasteiger partial charge is 0.274 e. The predicted octanol–water partition coefficient (Wildman–Crippen LogP) is 9.34. The van der Waals surface area contributed by atoms with Crippen molar-refractivity contribution < 1.29 is 9.59 Å². The van der Waals surface area contributed by atoms with Crippen molar-refractivity contribution in [3.05, 3.63) is 30.1 Å². The van der Waals surface area contributed by atoms with Crippen molar-refractivity contribution in [2.75, 3.05) is 0 Å². The molecule has 0 radical (unpaired) electrons. The van der Waals surface area contributed by atoms with E-state index in [1.807, 2.05) is 25.1 Å². The molecule has 35 heavy (non-hydrogen) atoms. The van der Waals surface area contributed by atoms with E-state index in [9.17, 15) is 9.59 Å². The maximum absolute atomic E-state index is 13.1. The lowest BCUT2D eigenvalue weighted by atomic mass is 10.0. The molecule has 0 fully saturated rings. The lowest BCUT2D eigenvalue weighted by Gasteiger charge is -2.27. The van der Waals surface area contributed by atoms with E-state index >= 15 is 0 Å². The molecule has 2 amide bonds. The van der Waals surface area contributed by atoms with E-state index in [2.05, 4.69) is 18.8 Å². The summed E-state index contributed by atoms with van der Waals surface area (Å²) in [6.07, 6.45) is 24.6. The summed E-state index contributed by atoms with van der Waals surface area (Å²) in [6, 6.07) is 5.39. The number of carbonyl (C=O) groups is 2. The number of rotatable bonds is 22. The number of aromatic nitrogens is 1. The first-order valence-corrected chi connectivity index (χ1v) is 14.9. The summed E-state index contributed by atoms with van der Waals surface area (Å²) < 4.78 is 0. The van der Waals surface area contributed by atoms with Gasteiger partial charge < -0.3 is 0 Å². The fourth-order valence-electron chi connectivity index (χ4n) is 4.74. The van der Waals surface area contributed by atoms with E-state index in [-0.39, 0.29) is 17.9 Å². The second-order valence-corrected chi connectivity index (χ2v) is 10.2. The molecule has 0 aromatic carbocycles. The summed E-state index contributed by atoms with van der Waals surface area (Å²) in [5.74, 6) is -0.0703. The van der Waals surface area contributed by atoms with Crippen LogP contribution in [0, 0.1) is 0 Å². The third kappa shape index (κ3) is 15.1. The Bertz CT molecular complexity index is 613. The van der Waals surface area contributed by atoms with Crippen LogP contribution in [-0.2, 0) is 9.59 Å². The fourth-order valence-corrected chi connectivity index (χ4v) is 4.74. The number of imide groups is 1. The van der Waals surface area contributed by atoms with E-state index in [1.165, 1.54) is 94.8 Å². The minimum atomic E-state index is -0.312. The molecule has 0 aliphatic heterocycles. The average Bonchev–Trinajstić information content (AvgIpc) is 2.87. The van der Waals surface area contributed by atoms with Gasteiger partial charge >= 0.3 is 0 Å². The Morgan fingerprint density at radius 1 is 0.657 bits per heavy atom. The van der Waals surface area contributed by atoms with E-state index in [1.54, 1.807) is 6.20 Å². The highest BCUT2D eigenvalue weighted by Gasteiger charge is 2.27. The van der Waals surface area contributed by atoms with Crippen LogP contribution in [-0.4, -0.2) is 21.7 Å². The maximum Gasteiger partial charge on any atom is 0.229 e. The van der Waals surface area contributed by atoms with Crippen LogP contribution in [0.15, 0.2) is 24.4 Å². The Hall–Kier alpha value is -1.71. The van der Waals surface area contributed by atoms with Crippen LogP contribution in [0.3, 0.4) is 0 Å². The highest BCUT2D eigenvalue weighted by atomic mass is 16.2. The van der Waals surface area contributed by atoms with Crippen molar-refractivity contribution >= 4 is 11.8 Å². The number of carbonyl (C=O) groups excluding carboxylic acids is 2. The highest BCUT2D eigenvalue weighted by molar-refractivity contribution is 5.95. The topological polar surface area (TPSA) is 50.3 Å². The van der Waals surface area contributed by atoms with Gasteiger partial charge in [-0.15, -0.1) is 0 Å². The fraction of sp³-hybridized carbons (Fsp3) is 0.774. The van der Waals surface area contributed by atoms with Crippen LogP contribution < -0.4 is 0 Å². The Kier molecular flexibility index (Phi) is 19.3. The molecule has 1 rings (SSSR count). The molecule has 0 bridgehead atoms. The number of hydrogen-bond donors (Lipinski definition) is 0. The van der Waals surface area contributed by atoms with E-state index in [0.29, 0.717) is 12.8 Å². The number of unbranched alkanes of at least 4 members (excludes halogenated alkanes) is 16. The van der Waals surface area contributed by atoms with E-state index in [0.717, 1.165) is 31.4 Å². The molecule has 0 saturated heterocycles. The van der Waals surface area contributed by atoms with Crippen LogP contribution in [0.5, 0.6) is 0 Å². The summed E-state index contributed by atoms with van der Waals surface area (Å²) in [5, 5.41) is 0. The van der Waals surface area contributed by atoms with Crippen LogP contribution in [0.25, 0.3) is 0 Å². The van der Waals surface area contributed by atoms with Crippen molar-refractivity contribution in [3.8, 4) is 0 Å². The summed E-state index contributed by atoms with van der Waals surface area (Å²) >= 11 is 0. The molecular formula is C31H54N2O2. The molecule has 200 valence electrons. The molecule has 0 aliphatic rings. The molecule has 0 aliphatic carbocycles. The molecule has 1 unspecified atom stereocenters. The molecule has 0 spiro atoms. The molecule has 0 N–H and O–H groups in total. The van der Waals surface area contributed by atoms with Crippen molar-refractivity contribution in [3.63, 3.8) is 0 Å². The maximum atomic E-state index is 13.1. The molecular weight excluding hydrogens is 432 g/mol. The lowest BCUT2D eigenvalue weighted by molar-refractivity contribution is -0.147. The van der Waals surface area contributed by atoms with Gasteiger partial charge in [-0.05, 0) is 31.9 Å². The number of nitrogens with zero attached hydrogens (tertiary/aromatic N) is 2. The molecule has 1 heterocycles. The molecule has 1 aromatic rings. The lowest BCUT2D eigenvalue weighted by Crippen LogP contribution is -2.39. The first-order chi connectivity index (χ1) is 17.1. The van der Waals surface area contributed by atoms with Gasteiger partial charge in [0.1, 0.15) is 0 Å². The van der Waals surface area contributed by atoms with Gasteiger partial charge in [-0.3, -0.25) is 19.5 Å². The Morgan fingerprint density at radius 3 is 1.43 bits per heavy atom. The normalized spacial score (nSPS) is 12.0. The smallest absolute Gasteiger partial charge is 0.229 e. The van der Waals surface area contributed by atoms with Crippen molar-refractivity contribution in [1.82, 2.24) is 9.88 Å². The Balaban J connectivity index is 2.43. The zero-order valence-corrected chi connectivity index (χ0v) is 23.2. The Labute approximate surface area is 216 Å². The predicted molar refractivity (Wildman–Crippen MR) is 148 cm³/mol. The summed E-state index contributed by atoms with van der Waals surface area (Å²) in [7, 11) is 0. The zero-order chi connectivity index (χ0) is 25.6. The SMILES string of the molecule is CCCCCCCCCCCC(=O)N(C(=O)CCCCCCCCCCC)C(C)c1ccccn1. The van der Waals surface area contributed by atoms with Crippen LogP contribution in [0.2, 0.25) is 0 Å². The third-order valence-corrected chi connectivity index (χ3v) is 7.03. The van der Waals surface area contributed by atoms with E-state index < -0.39 is 0 Å². The summed E-state index contributed by atoms with van der Waals surface area (Å²) in [6.45, 7) is 6.43. The quantitative estimate of drug-likeness (QED) is 0.153. The van der Waals surface area contributed by atoms with Gasteiger partial charge in [0, 0.05) is 19.0 Å². The molecule has 4 nitrogen and oxygen atoms in total. The van der Waals surface area contributed by atoms with Gasteiger partial charge in [-0.25, -0.2) is 0 Å². The van der Waals surface area contributed by atoms with Crippen LogP contribution >= 0.6 is 0 Å². The minimum absolute atomic E-state index is 0.0352. The Morgan fingerprint density at radius 2 is 1.06 bits per heavy atom. The van der Waals surface area contributed by atoms with Crippen molar-refractivity contribution in [2.45, 2.75) is 155 Å². The van der Waals surface area contributed by atoms with Gasteiger partial charge in [-0.2, -0.15) is 0 Å². The van der Waals surface area contributed by atoms with Gasteiger partial charge in [-0.1, -0.05) is 123 Å². The van der Waals surface area contributed by atoms with Gasteiger partial charge in [0.2, 0.25) is 11.8 Å². The van der Waals surface area contributed by atoms with Crippen molar-refractivity contribution in [2.24, 2.45) is 0 Å².